The minimum atomic E-state index is -0.113. The minimum absolute atomic E-state index is 0.106. The lowest BCUT2D eigenvalue weighted by Gasteiger charge is -2.37. The number of nitrogens with zero attached hydrogens (tertiary/aromatic N) is 7. The molecular formula is C43H50N8O6. The molecule has 4 aromatic heterocycles. The van der Waals surface area contributed by atoms with Gasteiger partial charge >= 0.3 is 0 Å². The zero-order chi connectivity index (χ0) is 40.2. The number of aromatic nitrogens is 4. The second-order valence-electron chi connectivity index (χ2n) is 14.5. The van der Waals surface area contributed by atoms with Gasteiger partial charge in [0.15, 0.2) is 23.0 Å². The Morgan fingerprint density at radius 3 is 1.44 bits per heavy atom. The first kappa shape index (κ1) is 39.1. The lowest BCUT2D eigenvalue weighted by molar-refractivity contribution is 0.313. The summed E-state index contributed by atoms with van der Waals surface area (Å²) in [5.74, 6) is 2.48. The highest BCUT2D eigenvalue weighted by Crippen LogP contribution is 2.33. The van der Waals surface area contributed by atoms with Crippen LogP contribution in [0.15, 0.2) is 94.8 Å². The molecule has 2 aliphatic heterocycles. The number of nitrogens with one attached hydrogen (secondary N) is 1. The van der Waals surface area contributed by atoms with Crippen molar-refractivity contribution in [2.75, 3.05) is 84.6 Å². The van der Waals surface area contributed by atoms with E-state index in [1.54, 1.807) is 49.4 Å². The van der Waals surface area contributed by atoms with Crippen molar-refractivity contribution in [3.63, 3.8) is 0 Å². The van der Waals surface area contributed by atoms with Gasteiger partial charge in [-0.15, -0.1) is 0 Å². The van der Waals surface area contributed by atoms with Crippen LogP contribution < -0.4 is 45.2 Å². The number of pyridine rings is 2. The lowest BCUT2D eigenvalue weighted by atomic mass is 10.1. The van der Waals surface area contributed by atoms with Gasteiger partial charge in [-0.1, -0.05) is 0 Å². The maximum Gasteiger partial charge on any atom is 0.258 e. The zero-order valence-corrected chi connectivity index (χ0v) is 33.6. The Morgan fingerprint density at radius 2 is 1.00 bits per heavy atom. The molecule has 0 spiro atoms. The summed E-state index contributed by atoms with van der Waals surface area (Å²) in [5, 5.41) is 3.53. The van der Waals surface area contributed by atoms with Gasteiger partial charge in [-0.2, -0.15) is 0 Å². The molecule has 0 saturated carbocycles. The molecule has 14 nitrogen and oxygen atoms in total. The molecule has 2 saturated heterocycles. The third kappa shape index (κ3) is 8.52. The van der Waals surface area contributed by atoms with Gasteiger partial charge in [-0.3, -0.25) is 18.4 Å². The number of hydrogen-bond donors (Lipinski definition) is 1. The third-order valence-electron chi connectivity index (χ3n) is 10.4. The fourth-order valence-corrected chi connectivity index (χ4v) is 7.45. The maximum absolute atomic E-state index is 12.9. The van der Waals surface area contributed by atoms with E-state index in [9.17, 15) is 9.59 Å². The van der Waals surface area contributed by atoms with Crippen LogP contribution in [0.25, 0.3) is 33.8 Å². The first-order valence-corrected chi connectivity index (χ1v) is 19.0. The van der Waals surface area contributed by atoms with Gasteiger partial charge in [0.25, 0.3) is 11.1 Å². The number of likely N-dealkylation sites (N-methyl/N-ethyl adjacent to an activating group) is 1. The molecule has 2 atom stereocenters. The third-order valence-corrected chi connectivity index (χ3v) is 10.4. The van der Waals surface area contributed by atoms with Crippen LogP contribution in [0.2, 0.25) is 0 Å². The SMILES string of the molecule is COc1ccc(-c2cc(=O)n3cc(N4CCN(C)CC4)ccc3n2)cc1OC.COc1ccc(-c2cc(=O)n3cc(N4C[C@@H](C)N[C@@H](C)C4)ccc3n2)cc1OC. The molecule has 0 unspecified atom stereocenters. The highest BCUT2D eigenvalue weighted by Gasteiger charge is 2.22. The van der Waals surface area contributed by atoms with Gasteiger partial charge in [-0.25, -0.2) is 9.97 Å². The van der Waals surface area contributed by atoms with Crippen molar-refractivity contribution >= 4 is 22.7 Å². The van der Waals surface area contributed by atoms with Crippen LogP contribution in [0, 0.1) is 0 Å². The van der Waals surface area contributed by atoms with Crippen LogP contribution in [0.5, 0.6) is 23.0 Å². The fraction of sp³-hybridized carbons (Fsp3) is 0.349. The first-order valence-electron chi connectivity index (χ1n) is 19.0. The molecule has 57 heavy (non-hydrogen) atoms. The number of ether oxygens (including phenoxy) is 4. The van der Waals surface area contributed by atoms with Crippen molar-refractivity contribution in [1.29, 1.82) is 0 Å². The molecule has 0 amide bonds. The molecule has 2 aromatic carbocycles. The Morgan fingerprint density at radius 1 is 0.561 bits per heavy atom. The summed E-state index contributed by atoms with van der Waals surface area (Å²) in [7, 11) is 8.49. The van der Waals surface area contributed by atoms with E-state index in [0.29, 0.717) is 57.8 Å². The van der Waals surface area contributed by atoms with Crippen molar-refractivity contribution < 1.29 is 18.9 Å². The highest BCUT2D eigenvalue weighted by molar-refractivity contribution is 5.67. The molecule has 6 heterocycles. The molecule has 0 radical (unpaired) electrons. The summed E-state index contributed by atoms with van der Waals surface area (Å²) < 4.78 is 24.5. The number of rotatable bonds is 8. The summed E-state index contributed by atoms with van der Waals surface area (Å²) in [4.78, 5) is 41.9. The van der Waals surface area contributed by atoms with E-state index in [4.69, 9.17) is 18.9 Å². The van der Waals surface area contributed by atoms with Crippen molar-refractivity contribution in [1.82, 2.24) is 29.0 Å². The van der Waals surface area contributed by atoms with E-state index < -0.39 is 0 Å². The van der Waals surface area contributed by atoms with Gasteiger partial charge in [0.1, 0.15) is 11.3 Å². The molecule has 0 bridgehead atoms. The van der Waals surface area contributed by atoms with Crippen LogP contribution in [-0.2, 0) is 0 Å². The number of hydrogen-bond acceptors (Lipinski definition) is 12. The maximum atomic E-state index is 12.9. The van der Waals surface area contributed by atoms with Gasteiger partial charge in [-0.05, 0) is 81.6 Å². The second kappa shape index (κ2) is 16.9. The number of piperazine rings is 2. The summed E-state index contributed by atoms with van der Waals surface area (Å²) in [6.45, 7) is 10.1. The van der Waals surface area contributed by atoms with Crippen molar-refractivity contribution in [2.24, 2.45) is 0 Å². The van der Waals surface area contributed by atoms with Crippen molar-refractivity contribution in [3.8, 4) is 45.5 Å². The van der Waals surface area contributed by atoms with Gasteiger partial charge < -0.3 is 39.0 Å². The van der Waals surface area contributed by atoms with Crippen molar-refractivity contribution in [3.05, 3.63) is 106 Å². The predicted molar refractivity (Wildman–Crippen MR) is 224 cm³/mol. The summed E-state index contributed by atoms with van der Waals surface area (Å²) >= 11 is 0. The number of methoxy groups -OCH3 is 4. The highest BCUT2D eigenvalue weighted by atomic mass is 16.5. The van der Waals surface area contributed by atoms with E-state index in [0.717, 1.165) is 61.8 Å². The summed E-state index contributed by atoms with van der Waals surface area (Å²) in [6.07, 6.45) is 3.77. The van der Waals surface area contributed by atoms with E-state index >= 15 is 0 Å². The summed E-state index contributed by atoms with van der Waals surface area (Å²) in [5.41, 5.74) is 5.91. The number of fused-ring (bicyclic) bond motifs is 2. The molecule has 8 rings (SSSR count). The van der Waals surface area contributed by atoms with E-state index in [1.165, 1.54) is 0 Å². The standard InChI is InChI=1S/C22H26N4O3.C21H24N4O3/c1-14-11-25(12-15(2)23-14)17-6-8-21-24-18(10-22(27)26(21)13-17)16-5-7-19(28-3)20(9-16)29-4;1-23-8-10-24(11-9-23)16-5-7-20-22-17(13-21(26)25(20)14-16)15-4-6-18(27-2)19(12-15)28-3/h5-10,13-15,23H,11-12H2,1-4H3;4-7,12-14H,8-11H2,1-3H3/t14-,15+;. The summed E-state index contributed by atoms with van der Waals surface area (Å²) in [6, 6.07) is 22.8. The largest absolute Gasteiger partial charge is 0.493 e. The van der Waals surface area contributed by atoms with E-state index in [1.807, 2.05) is 73.1 Å². The Balaban J connectivity index is 0.000000174. The minimum Gasteiger partial charge on any atom is -0.493 e. The van der Waals surface area contributed by atoms with Crippen LogP contribution in [0.4, 0.5) is 11.4 Å². The monoisotopic (exact) mass is 774 g/mol. The Kier molecular flexibility index (Phi) is 11.6. The topological polar surface area (TPSA) is 127 Å². The Hall–Kier alpha value is -6.12. The lowest BCUT2D eigenvalue weighted by Crippen LogP contribution is -2.54. The van der Waals surface area contributed by atoms with Crippen LogP contribution in [0.1, 0.15) is 13.8 Å². The van der Waals surface area contributed by atoms with E-state index in [2.05, 4.69) is 50.9 Å². The zero-order valence-electron chi connectivity index (χ0n) is 33.6. The van der Waals surface area contributed by atoms with Crippen LogP contribution in [-0.4, -0.2) is 111 Å². The molecule has 2 aliphatic rings. The fourth-order valence-electron chi connectivity index (χ4n) is 7.45. The molecule has 6 aromatic rings. The average molecular weight is 775 g/mol. The van der Waals surface area contributed by atoms with Gasteiger partial charge in [0, 0.05) is 87.0 Å². The van der Waals surface area contributed by atoms with Gasteiger partial charge in [0.05, 0.1) is 51.2 Å². The molecule has 14 heteroatoms. The normalized spacial score (nSPS) is 17.2. The van der Waals surface area contributed by atoms with Crippen LogP contribution in [0.3, 0.4) is 0 Å². The second-order valence-corrected chi connectivity index (χ2v) is 14.5. The molecular weight excluding hydrogens is 725 g/mol. The van der Waals surface area contributed by atoms with Crippen molar-refractivity contribution in [2.45, 2.75) is 25.9 Å². The van der Waals surface area contributed by atoms with Crippen LogP contribution >= 0.6 is 0 Å². The number of anilines is 2. The quantitative estimate of drug-likeness (QED) is 0.231. The first-order chi connectivity index (χ1) is 27.6. The molecule has 2 fully saturated rings. The Bertz CT molecular complexity index is 2490. The van der Waals surface area contributed by atoms with Gasteiger partial charge in [0.2, 0.25) is 0 Å². The average Bonchev–Trinajstić information content (AvgIpc) is 3.23. The molecule has 0 aliphatic carbocycles. The molecule has 1 N–H and O–H groups in total. The molecule has 298 valence electrons. The Labute approximate surface area is 331 Å². The van der Waals surface area contributed by atoms with E-state index in [-0.39, 0.29) is 11.1 Å². The predicted octanol–water partition coefficient (Wildman–Crippen LogP) is 4.70. The smallest absolute Gasteiger partial charge is 0.258 e. The number of benzene rings is 2.